The summed E-state index contributed by atoms with van der Waals surface area (Å²) in [5.74, 6) is -11.0. The van der Waals surface area contributed by atoms with Crippen LogP contribution in [0.15, 0.2) is 42.2 Å². The van der Waals surface area contributed by atoms with Gasteiger partial charge in [0.2, 0.25) is 17.4 Å². The molecule has 1 atom stereocenters. The van der Waals surface area contributed by atoms with Gasteiger partial charge in [0.15, 0.2) is 17.3 Å². The molecule has 1 saturated heterocycles. The summed E-state index contributed by atoms with van der Waals surface area (Å²) in [7, 11) is 1.18. The van der Waals surface area contributed by atoms with Crippen LogP contribution in [0.5, 0.6) is 11.5 Å². The number of anilines is 1. The van der Waals surface area contributed by atoms with Gasteiger partial charge in [-0.3, -0.25) is 4.79 Å². The number of allylic oxidation sites excluding steroid dienone is 1. The van der Waals surface area contributed by atoms with E-state index >= 15 is 4.39 Å². The van der Waals surface area contributed by atoms with Crippen molar-refractivity contribution in [3.8, 4) is 22.8 Å². The molecule has 5 rings (SSSR count). The summed E-state index contributed by atoms with van der Waals surface area (Å²) >= 11 is 0. The Hall–Kier alpha value is -5.08. The largest absolute Gasteiger partial charge is 0.465 e. The van der Waals surface area contributed by atoms with Crippen LogP contribution >= 0.6 is 0 Å². The van der Waals surface area contributed by atoms with E-state index in [1.807, 2.05) is 0 Å². The topological polar surface area (TPSA) is 125 Å². The standard InChI is InChI=1S/C28H23F5N6O4/c1-3-15(28(41)42-2)27(40)38-8-4-5-13(11-38)39-26-20(25(34)35-12-36-26)23(37-39)16-7-6-14(9-17(16)29)43-24-21(32)18(30)10-19(31)22(24)33/h3,6-7,9-10,12-13H,4-5,8,11H2,1-2H3,(H2,34,35,36)/b15-3+. The van der Waals surface area contributed by atoms with Crippen molar-refractivity contribution >= 4 is 28.7 Å². The second kappa shape index (κ2) is 11.7. The molecular weight excluding hydrogens is 579 g/mol. The average Bonchev–Trinajstić information content (AvgIpc) is 3.39. The molecule has 2 aromatic carbocycles. The third kappa shape index (κ3) is 5.33. The van der Waals surface area contributed by atoms with Crippen molar-refractivity contribution in [2.45, 2.75) is 25.8 Å². The number of likely N-dealkylation sites (tertiary alicyclic amines) is 1. The molecule has 2 aromatic heterocycles. The van der Waals surface area contributed by atoms with E-state index < -0.39 is 58.5 Å². The Kier molecular flexibility index (Phi) is 7.98. The van der Waals surface area contributed by atoms with Crippen molar-refractivity contribution < 1.29 is 41.0 Å². The van der Waals surface area contributed by atoms with Crippen LogP contribution in [-0.4, -0.2) is 56.7 Å². The molecule has 1 aliphatic heterocycles. The number of nitrogen functional groups attached to an aromatic ring is 1. The summed E-state index contributed by atoms with van der Waals surface area (Å²) in [5, 5.41) is 4.77. The first-order valence-electron chi connectivity index (χ1n) is 12.9. The summed E-state index contributed by atoms with van der Waals surface area (Å²) < 4.78 is 82.0. The van der Waals surface area contributed by atoms with E-state index in [4.69, 9.17) is 15.2 Å². The number of esters is 1. The van der Waals surface area contributed by atoms with Crippen LogP contribution in [0.1, 0.15) is 25.8 Å². The van der Waals surface area contributed by atoms with Crippen LogP contribution in [0, 0.1) is 29.1 Å². The molecule has 0 aliphatic carbocycles. The maximum absolute atomic E-state index is 15.5. The number of hydrogen-bond donors (Lipinski definition) is 1. The molecule has 0 radical (unpaired) electrons. The molecule has 4 aromatic rings. The molecule has 10 nitrogen and oxygen atoms in total. The zero-order valence-corrected chi connectivity index (χ0v) is 22.7. The molecule has 0 bridgehead atoms. The number of amides is 1. The fourth-order valence-electron chi connectivity index (χ4n) is 4.90. The summed E-state index contributed by atoms with van der Waals surface area (Å²) in [5.41, 5.74) is 6.17. The highest BCUT2D eigenvalue weighted by Crippen LogP contribution is 2.37. The Morgan fingerprint density at radius 2 is 1.77 bits per heavy atom. The summed E-state index contributed by atoms with van der Waals surface area (Å²) in [6, 6.07) is 2.64. The molecule has 0 saturated carbocycles. The lowest BCUT2D eigenvalue weighted by Crippen LogP contribution is -2.42. The Bertz CT molecular complexity index is 1770. The summed E-state index contributed by atoms with van der Waals surface area (Å²) in [6.07, 6.45) is 3.69. The molecule has 43 heavy (non-hydrogen) atoms. The number of carbonyl (C=O) groups is 2. The van der Waals surface area contributed by atoms with Crippen molar-refractivity contribution in [1.82, 2.24) is 24.6 Å². The molecule has 0 spiro atoms. The van der Waals surface area contributed by atoms with Crippen LogP contribution < -0.4 is 10.5 Å². The maximum atomic E-state index is 15.5. The molecule has 15 heteroatoms. The van der Waals surface area contributed by atoms with Crippen LogP contribution in [0.25, 0.3) is 22.3 Å². The van der Waals surface area contributed by atoms with Gasteiger partial charge in [-0.05, 0) is 31.9 Å². The van der Waals surface area contributed by atoms with Gasteiger partial charge >= 0.3 is 5.97 Å². The minimum Gasteiger partial charge on any atom is -0.465 e. The lowest BCUT2D eigenvalue weighted by Gasteiger charge is -2.33. The Morgan fingerprint density at radius 3 is 2.42 bits per heavy atom. The van der Waals surface area contributed by atoms with Crippen LogP contribution in [0.3, 0.4) is 0 Å². The second-order valence-electron chi connectivity index (χ2n) is 9.53. The van der Waals surface area contributed by atoms with Crippen LogP contribution in [-0.2, 0) is 14.3 Å². The first-order valence-corrected chi connectivity index (χ1v) is 12.9. The predicted molar refractivity (Wildman–Crippen MR) is 142 cm³/mol. The Morgan fingerprint density at radius 1 is 1.05 bits per heavy atom. The number of piperidine rings is 1. The third-order valence-electron chi connectivity index (χ3n) is 6.96. The number of benzene rings is 2. The highest BCUT2D eigenvalue weighted by Gasteiger charge is 2.32. The average molecular weight is 603 g/mol. The van der Waals surface area contributed by atoms with E-state index in [1.165, 1.54) is 35.2 Å². The molecule has 224 valence electrons. The number of halogens is 5. The zero-order valence-electron chi connectivity index (χ0n) is 22.7. The minimum absolute atomic E-state index is 0.0176. The van der Waals surface area contributed by atoms with Crippen LogP contribution in [0.4, 0.5) is 27.8 Å². The first-order chi connectivity index (χ1) is 20.5. The smallest absolute Gasteiger partial charge is 0.343 e. The van der Waals surface area contributed by atoms with Crippen molar-refractivity contribution in [2.75, 3.05) is 25.9 Å². The van der Waals surface area contributed by atoms with Gasteiger partial charge in [0.25, 0.3) is 5.91 Å². The molecule has 1 aliphatic rings. The third-order valence-corrected chi connectivity index (χ3v) is 6.96. The number of carbonyl (C=O) groups excluding carboxylic acids is 2. The maximum Gasteiger partial charge on any atom is 0.343 e. The van der Waals surface area contributed by atoms with Crippen molar-refractivity contribution in [3.63, 3.8) is 0 Å². The lowest BCUT2D eigenvalue weighted by molar-refractivity contribution is -0.140. The normalized spacial score (nSPS) is 15.6. The SMILES string of the molecule is C/C=C(/C(=O)OC)C(=O)N1CCCC(n2nc(-c3ccc(Oc4c(F)c(F)cc(F)c4F)cc3F)c3c(N)ncnc32)C1. The molecular formula is C28H23F5N6O4. The molecule has 3 heterocycles. The number of fused-ring (bicyclic) bond motifs is 1. The van der Waals surface area contributed by atoms with Crippen molar-refractivity contribution in [1.29, 1.82) is 0 Å². The number of hydrogen-bond acceptors (Lipinski definition) is 8. The van der Waals surface area contributed by atoms with Gasteiger partial charge < -0.3 is 20.1 Å². The van der Waals surface area contributed by atoms with E-state index in [9.17, 15) is 27.2 Å². The van der Waals surface area contributed by atoms with Gasteiger partial charge in [0, 0.05) is 30.8 Å². The van der Waals surface area contributed by atoms with Gasteiger partial charge in [-0.25, -0.2) is 32.6 Å². The van der Waals surface area contributed by atoms with Gasteiger partial charge in [-0.2, -0.15) is 13.9 Å². The Labute approximate surface area is 240 Å². The second-order valence-corrected chi connectivity index (χ2v) is 9.53. The lowest BCUT2D eigenvalue weighted by atomic mass is 10.0. The van der Waals surface area contributed by atoms with Gasteiger partial charge in [-0.15, -0.1) is 0 Å². The predicted octanol–water partition coefficient (Wildman–Crippen LogP) is 4.85. The quantitative estimate of drug-likeness (QED) is 0.0830. The summed E-state index contributed by atoms with van der Waals surface area (Å²) in [6.45, 7) is 2.07. The van der Waals surface area contributed by atoms with E-state index in [0.717, 1.165) is 12.1 Å². The monoisotopic (exact) mass is 602 g/mol. The van der Waals surface area contributed by atoms with E-state index in [1.54, 1.807) is 6.92 Å². The number of nitrogens with two attached hydrogens (primary N) is 1. The van der Waals surface area contributed by atoms with E-state index in [0.29, 0.717) is 19.4 Å². The van der Waals surface area contributed by atoms with E-state index in [-0.39, 0.29) is 46.3 Å². The highest BCUT2D eigenvalue weighted by atomic mass is 19.2. The van der Waals surface area contributed by atoms with Gasteiger partial charge in [0.05, 0.1) is 18.5 Å². The molecule has 1 unspecified atom stereocenters. The van der Waals surface area contributed by atoms with Gasteiger partial charge in [-0.1, -0.05) is 6.08 Å². The Balaban J connectivity index is 1.51. The molecule has 2 N–H and O–H groups in total. The number of ether oxygens (including phenoxy) is 2. The van der Waals surface area contributed by atoms with E-state index in [2.05, 4.69) is 15.1 Å². The number of methoxy groups -OCH3 is 1. The van der Waals surface area contributed by atoms with Crippen molar-refractivity contribution in [2.24, 2.45) is 0 Å². The van der Waals surface area contributed by atoms with Gasteiger partial charge in [0.1, 0.15) is 35.0 Å². The molecule has 1 amide bonds. The minimum atomic E-state index is -1.79. The first kappa shape index (κ1) is 29.4. The molecule has 1 fully saturated rings. The fraction of sp³-hybridized carbons (Fsp3) is 0.250. The zero-order chi connectivity index (χ0) is 31.0. The number of aromatic nitrogens is 4. The summed E-state index contributed by atoms with van der Waals surface area (Å²) in [4.78, 5) is 34.9. The number of rotatable bonds is 6. The van der Waals surface area contributed by atoms with Crippen molar-refractivity contribution in [3.05, 3.63) is 71.3 Å². The highest BCUT2D eigenvalue weighted by molar-refractivity contribution is 6.16. The van der Waals surface area contributed by atoms with Crippen LogP contribution in [0.2, 0.25) is 0 Å². The number of nitrogens with zero attached hydrogens (tertiary/aromatic N) is 5. The fourth-order valence-corrected chi connectivity index (χ4v) is 4.90.